The number of rotatable bonds is 4. The SMILES string of the molecule is Cc1noc(C)c1S(=O)(=O)Nc1nccnc1C(=O)O. The number of hydrogen-bond acceptors (Lipinski definition) is 7. The standard InChI is InChI=1S/C10H10N4O5S/c1-5-8(6(2)19-13-5)20(17,18)14-9-7(10(15)16)11-3-4-12-9/h3-4H,1-2H3,(H,12,14)(H,15,16). The molecule has 0 atom stereocenters. The van der Waals surface area contributed by atoms with Crippen molar-refractivity contribution in [2.45, 2.75) is 18.7 Å². The van der Waals surface area contributed by atoms with Crippen LogP contribution in [0.5, 0.6) is 0 Å². The van der Waals surface area contributed by atoms with E-state index in [1.807, 2.05) is 0 Å². The molecule has 0 aliphatic rings. The van der Waals surface area contributed by atoms with E-state index < -0.39 is 21.7 Å². The Morgan fingerprint density at radius 1 is 1.30 bits per heavy atom. The van der Waals surface area contributed by atoms with E-state index in [0.29, 0.717) is 0 Å². The summed E-state index contributed by atoms with van der Waals surface area (Å²) in [6, 6.07) is 0. The molecule has 0 amide bonds. The molecule has 2 heterocycles. The summed E-state index contributed by atoms with van der Waals surface area (Å²) in [7, 11) is -4.06. The quantitative estimate of drug-likeness (QED) is 0.836. The number of sulfonamides is 1. The summed E-state index contributed by atoms with van der Waals surface area (Å²) in [6.07, 6.45) is 2.33. The van der Waals surface area contributed by atoms with Gasteiger partial charge in [-0.2, -0.15) is 0 Å². The predicted molar refractivity (Wildman–Crippen MR) is 65.8 cm³/mol. The van der Waals surface area contributed by atoms with E-state index in [0.717, 1.165) is 6.20 Å². The topological polar surface area (TPSA) is 135 Å². The molecule has 0 spiro atoms. The monoisotopic (exact) mass is 298 g/mol. The maximum Gasteiger partial charge on any atom is 0.358 e. The van der Waals surface area contributed by atoms with E-state index in [-0.39, 0.29) is 22.2 Å². The number of carbonyl (C=O) groups is 1. The van der Waals surface area contributed by atoms with E-state index >= 15 is 0 Å². The molecule has 0 radical (unpaired) electrons. The third kappa shape index (κ3) is 2.45. The molecule has 0 bridgehead atoms. The van der Waals surface area contributed by atoms with Crippen LogP contribution >= 0.6 is 0 Å². The second-order valence-corrected chi connectivity index (χ2v) is 5.44. The van der Waals surface area contributed by atoms with Gasteiger partial charge in [-0.15, -0.1) is 0 Å². The second kappa shape index (κ2) is 4.89. The lowest BCUT2D eigenvalue weighted by molar-refractivity contribution is 0.0691. The molecule has 9 nitrogen and oxygen atoms in total. The van der Waals surface area contributed by atoms with Crippen LogP contribution in [0.2, 0.25) is 0 Å². The van der Waals surface area contributed by atoms with Crippen molar-refractivity contribution in [2.24, 2.45) is 0 Å². The van der Waals surface area contributed by atoms with Crippen molar-refractivity contribution in [3.05, 3.63) is 29.5 Å². The molecule has 0 saturated carbocycles. The fraction of sp³-hybridized carbons (Fsp3) is 0.200. The molecule has 0 fully saturated rings. The van der Waals surface area contributed by atoms with Crippen LogP contribution in [0.25, 0.3) is 0 Å². The Balaban J connectivity index is 2.47. The lowest BCUT2D eigenvalue weighted by Crippen LogP contribution is -2.18. The van der Waals surface area contributed by atoms with Gasteiger partial charge in [-0.3, -0.25) is 4.72 Å². The fourth-order valence-corrected chi connectivity index (χ4v) is 2.95. The van der Waals surface area contributed by atoms with E-state index in [1.165, 1.54) is 20.0 Å². The molecule has 2 N–H and O–H groups in total. The van der Waals surface area contributed by atoms with Crippen molar-refractivity contribution in [1.82, 2.24) is 15.1 Å². The Morgan fingerprint density at radius 2 is 1.95 bits per heavy atom. The van der Waals surface area contributed by atoms with Gasteiger partial charge in [-0.1, -0.05) is 5.16 Å². The molecule has 0 aliphatic carbocycles. The summed E-state index contributed by atoms with van der Waals surface area (Å²) in [6.45, 7) is 2.89. The van der Waals surface area contributed by atoms with Crippen molar-refractivity contribution in [3.63, 3.8) is 0 Å². The zero-order chi connectivity index (χ0) is 14.9. The average Bonchev–Trinajstić information content (AvgIpc) is 2.69. The molecule has 0 aliphatic heterocycles. The van der Waals surface area contributed by atoms with Crippen molar-refractivity contribution < 1.29 is 22.8 Å². The number of aryl methyl sites for hydroxylation is 2. The molecule has 0 aromatic carbocycles. The van der Waals surface area contributed by atoms with Crippen molar-refractivity contribution >= 4 is 21.8 Å². The zero-order valence-corrected chi connectivity index (χ0v) is 11.3. The first-order chi connectivity index (χ1) is 9.33. The van der Waals surface area contributed by atoms with E-state index in [2.05, 4.69) is 19.8 Å². The molecule has 0 unspecified atom stereocenters. The molecule has 10 heteroatoms. The smallest absolute Gasteiger partial charge is 0.358 e. The Labute approximate surface area is 113 Å². The van der Waals surface area contributed by atoms with Crippen LogP contribution in [0.1, 0.15) is 21.9 Å². The van der Waals surface area contributed by atoms with E-state index in [4.69, 9.17) is 9.63 Å². The molecule has 2 rings (SSSR count). The van der Waals surface area contributed by atoms with Crippen LogP contribution in [-0.4, -0.2) is 34.6 Å². The largest absolute Gasteiger partial charge is 0.476 e. The Morgan fingerprint density at radius 3 is 2.50 bits per heavy atom. The third-order valence-electron chi connectivity index (χ3n) is 2.37. The molecule has 106 valence electrons. The highest BCUT2D eigenvalue weighted by atomic mass is 32.2. The summed E-state index contributed by atoms with van der Waals surface area (Å²) >= 11 is 0. The fourth-order valence-electron chi connectivity index (χ4n) is 1.61. The highest BCUT2D eigenvalue weighted by Crippen LogP contribution is 2.22. The van der Waals surface area contributed by atoms with Gasteiger partial charge >= 0.3 is 5.97 Å². The van der Waals surface area contributed by atoms with Crippen LogP contribution in [0.15, 0.2) is 21.8 Å². The maximum absolute atomic E-state index is 12.2. The first-order valence-corrected chi connectivity index (χ1v) is 6.81. The molecule has 2 aromatic heterocycles. The number of nitrogens with one attached hydrogen (secondary N) is 1. The van der Waals surface area contributed by atoms with Crippen LogP contribution in [0, 0.1) is 13.8 Å². The third-order valence-corrected chi connectivity index (χ3v) is 3.95. The minimum absolute atomic E-state index is 0.0933. The van der Waals surface area contributed by atoms with Crippen molar-refractivity contribution in [1.29, 1.82) is 0 Å². The first-order valence-electron chi connectivity index (χ1n) is 5.33. The number of anilines is 1. The summed E-state index contributed by atoms with van der Waals surface area (Å²) in [5, 5.41) is 12.5. The second-order valence-electron chi connectivity index (χ2n) is 3.82. The highest BCUT2D eigenvalue weighted by Gasteiger charge is 2.26. The summed E-state index contributed by atoms with van der Waals surface area (Å²) in [4.78, 5) is 18.0. The van der Waals surface area contributed by atoms with Gasteiger partial charge in [0.05, 0.1) is 0 Å². The minimum atomic E-state index is -4.06. The Kier molecular flexibility index (Phi) is 3.40. The van der Waals surface area contributed by atoms with Crippen LogP contribution < -0.4 is 4.72 Å². The summed E-state index contributed by atoms with van der Waals surface area (Å²) in [5.41, 5.74) is -0.335. The van der Waals surface area contributed by atoms with Gasteiger partial charge in [0.1, 0.15) is 5.69 Å². The summed E-state index contributed by atoms with van der Waals surface area (Å²) < 4.78 is 31.3. The highest BCUT2D eigenvalue weighted by molar-refractivity contribution is 7.92. The van der Waals surface area contributed by atoms with Gasteiger partial charge in [0.15, 0.2) is 22.2 Å². The lowest BCUT2D eigenvalue weighted by Gasteiger charge is -2.07. The number of nitrogens with zero attached hydrogens (tertiary/aromatic N) is 3. The Bertz CT molecular complexity index is 748. The normalized spacial score (nSPS) is 11.3. The first kappa shape index (κ1) is 13.9. The van der Waals surface area contributed by atoms with Gasteiger partial charge < -0.3 is 9.63 Å². The van der Waals surface area contributed by atoms with E-state index in [1.54, 1.807) is 0 Å². The number of carboxylic acid groups (broad SMARTS) is 1. The maximum atomic E-state index is 12.2. The summed E-state index contributed by atoms with van der Waals surface area (Å²) in [5.74, 6) is -1.68. The molecular weight excluding hydrogens is 288 g/mol. The van der Waals surface area contributed by atoms with Crippen LogP contribution in [-0.2, 0) is 10.0 Å². The van der Waals surface area contributed by atoms with Gasteiger partial charge in [-0.25, -0.2) is 23.2 Å². The van der Waals surface area contributed by atoms with Crippen molar-refractivity contribution in [2.75, 3.05) is 4.72 Å². The predicted octanol–water partition coefficient (Wildman–Crippen LogP) is 0.580. The lowest BCUT2D eigenvalue weighted by atomic mass is 10.4. The van der Waals surface area contributed by atoms with Gasteiger partial charge in [-0.05, 0) is 13.8 Å². The van der Waals surface area contributed by atoms with Crippen molar-refractivity contribution in [3.8, 4) is 0 Å². The molecule has 0 saturated heterocycles. The van der Waals surface area contributed by atoms with Gasteiger partial charge in [0.2, 0.25) is 0 Å². The number of carboxylic acids is 1. The molecule has 2 aromatic rings. The van der Waals surface area contributed by atoms with E-state index in [9.17, 15) is 13.2 Å². The van der Waals surface area contributed by atoms with Gasteiger partial charge in [0, 0.05) is 12.4 Å². The zero-order valence-electron chi connectivity index (χ0n) is 10.5. The molecular formula is C10H10N4O5S. The molecule has 20 heavy (non-hydrogen) atoms. The minimum Gasteiger partial charge on any atom is -0.476 e. The van der Waals surface area contributed by atoms with Gasteiger partial charge in [0.25, 0.3) is 10.0 Å². The number of aromatic carboxylic acids is 1. The number of aromatic nitrogens is 3. The average molecular weight is 298 g/mol. The van der Waals surface area contributed by atoms with Crippen LogP contribution in [0.3, 0.4) is 0 Å². The number of hydrogen-bond donors (Lipinski definition) is 2. The van der Waals surface area contributed by atoms with Crippen LogP contribution in [0.4, 0.5) is 5.82 Å². The Hall–Kier alpha value is -2.49.